The molecule has 0 radical (unpaired) electrons. The lowest BCUT2D eigenvalue weighted by Gasteiger charge is -2.24. The van der Waals surface area contributed by atoms with Gasteiger partial charge < -0.3 is 16.2 Å². The lowest BCUT2D eigenvalue weighted by Crippen LogP contribution is -2.41. The number of amides is 1. The van der Waals surface area contributed by atoms with Crippen LogP contribution in [-0.4, -0.2) is 38.1 Å². The Bertz CT molecular complexity index is 1450. The van der Waals surface area contributed by atoms with E-state index in [0.717, 1.165) is 18.2 Å². The fourth-order valence-electron chi connectivity index (χ4n) is 3.38. The van der Waals surface area contributed by atoms with Gasteiger partial charge in [0.05, 0.1) is 17.1 Å². The smallest absolute Gasteiger partial charge is 0.294 e. The van der Waals surface area contributed by atoms with Gasteiger partial charge in [0.2, 0.25) is 5.95 Å². The molecule has 4 N–H and O–H groups in total. The highest BCUT2D eigenvalue weighted by molar-refractivity contribution is 6.34. The molecule has 7 nitrogen and oxygen atoms in total. The summed E-state index contributed by atoms with van der Waals surface area (Å²) in [6.45, 7) is -1.43. The first kappa shape index (κ1) is 24.7. The van der Waals surface area contributed by atoms with Crippen LogP contribution in [0.25, 0.3) is 16.8 Å². The molecule has 1 atom stereocenters. The fourth-order valence-corrected chi connectivity index (χ4v) is 3.77. The van der Waals surface area contributed by atoms with Crippen molar-refractivity contribution >= 4 is 40.7 Å². The average molecular weight is 528 g/mol. The van der Waals surface area contributed by atoms with Crippen LogP contribution >= 0.6 is 23.2 Å². The molecule has 0 fully saturated rings. The Kier molecular flexibility index (Phi) is 6.58. The molecule has 0 saturated heterocycles. The number of nitrogens with zero attached hydrogens (tertiary/aromatic N) is 3. The first-order valence-electron chi connectivity index (χ1n) is 9.87. The van der Waals surface area contributed by atoms with Crippen molar-refractivity contribution < 1.29 is 27.5 Å². The molecule has 0 aliphatic carbocycles. The maximum absolute atomic E-state index is 15.3. The van der Waals surface area contributed by atoms with E-state index in [-0.39, 0.29) is 21.6 Å². The number of carbonyl (C=O) groups is 1. The second kappa shape index (κ2) is 9.33. The molecule has 35 heavy (non-hydrogen) atoms. The summed E-state index contributed by atoms with van der Waals surface area (Å²) in [4.78, 5) is 16.6. The van der Waals surface area contributed by atoms with Gasteiger partial charge in [-0.05, 0) is 42.0 Å². The molecular weight excluding hydrogens is 513 g/mol. The number of nitrogens with two attached hydrogens (primary N) is 1. The molecule has 2 aromatic heterocycles. The quantitative estimate of drug-likeness (QED) is 0.316. The lowest BCUT2D eigenvalue weighted by molar-refractivity contribution is -0.107. The van der Waals surface area contributed by atoms with E-state index in [1.165, 1.54) is 35.0 Å². The van der Waals surface area contributed by atoms with Crippen LogP contribution in [0, 0.1) is 11.6 Å². The summed E-state index contributed by atoms with van der Waals surface area (Å²) in [6.07, 6.45) is -1.13. The summed E-state index contributed by atoms with van der Waals surface area (Å²) in [5.41, 5.74) is 4.69. The molecular formula is C22H15Cl2F4N5O2. The third-order valence-electron chi connectivity index (χ3n) is 5.12. The Labute approximate surface area is 205 Å². The SMILES string of the molecule is Nc1nc2cc(-c3ccc(Cl)c(C(=O)NCC(F)(F)[C@H](O)c4ccc(Cl)cc4F)c3F)ccn2n1. The molecule has 0 aliphatic heterocycles. The number of halogens is 6. The van der Waals surface area contributed by atoms with Crippen molar-refractivity contribution in [2.45, 2.75) is 12.0 Å². The number of hydrogen-bond acceptors (Lipinski definition) is 5. The van der Waals surface area contributed by atoms with E-state index >= 15 is 4.39 Å². The number of carbonyl (C=O) groups excluding carboxylic acids is 1. The number of aliphatic hydroxyl groups is 1. The maximum atomic E-state index is 15.3. The fraction of sp³-hybridized carbons (Fsp3) is 0.136. The van der Waals surface area contributed by atoms with Gasteiger partial charge in [-0.2, -0.15) is 4.98 Å². The third kappa shape index (κ3) is 4.88. The average Bonchev–Trinajstić information content (AvgIpc) is 3.16. The maximum Gasteiger partial charge on any atom is 0.294 e. The summed E-state index contributed by atoms with van der Waals surface area (Å²) < 4.78 is 59.7. The second-order valence-corrected chi connectivity index (χ2v) is 8.33. The summed E-state index contributed by atoms with van der Waals surface area (Å²) >= 11 is 11.6. The van der Waals surface area contributed by atoms with Gasteiger partial charge in [-0.15, -0.1) is 5.10 Å². The molecule has 0 saturated carbocycles. The molecule has 0 bridgehead atoms. The largest absolute Gasteiger partial charge is 0.382 e. The Morgan fingerprint density at radius 2 is 1.91 bits per heavy atom. The van der Waals surface area contributed by atoms with Gasteiger partial charge in [-0.3, -0.25) is 4.79 Å². The Morgan fingerprint density at radius 3 is 2.63 bits per heavy atom. The van der Waals surface area contributed by atoms with Crippen molar-refractivity contribution in [1.29, 1.82) is 0 Å². The number of alkyl halides is 2. The molecule has 0 aliphatic rings. The van der Waals surface area contributed by atoms with E-state index < -0.39 is 47.2 Å². The standard InChI is InChI=1S/C22H15Cl2F4N5O2/c23-11-1-2-13(15(25)8-11)19(34)22(27,28)9-30-20(35)17-14(24)4-3-12(18(17)26)10-5-6-33-16(7-10)31-21(29)32-33/h1-8,19,34H,9H2,(H2,29,32)(H,30,35)/t19-/m1/s1. The van der Waals surface area contributed by atoms with Crippen LogP contribution in [0.2, 0.25) is 10.0 Å². The number of rotatable bonds is 6. The number of benzene rings is 2. The second-order valence-electron chi connectivity index (χ2n) is 7.48. The van der Waals surface area contributed by atoms with Gasteiger partial charge in [-0.25, -0.2) is 22.1 Å². The van der Waals surface area contributed by atoms with Crippen molar-refractivity contribution in [3.05, 3.63) is 81.5 Å². The van der Waals surface area contributed by atoms with Crippen molar-refractivity contribution in [3.63, 3.8) is 0 Å². The van der Waals surface area contributed by atoms with E-state index in [4.69, 9.17) is 28.9 Å². The Balaban J connectivity index is 1.58. The number of pyridine rings is 1. The van der Waals surface area contributed by atoms with Crippen LogP contribution in [0.1, 0.15) is 22.0 Å². The minimum absolute atomic E-state index is 0.000363. The minimum Gasteiger partial charge on any atom is -0.382 e. The van der Waals surface area contributed by atoms with Gasteiger partial charge in [0, 0.05) is 22.3 Å². The summed E-state index contributed by atoms with van der Waals surface area (Å²) in [5.74, 6) is -7.49. The molecule has 182 valence electrons. The van der Waals surface area contributed by atoms with Gasteiger partial charge in [0.15, 0.2) is 5.65 Å². The van der Waals surface area contributed by atoms with E-state index in [2.05, 4.69) is 10.1 Å². The highest BCUT2D eigenvalue weighted by Crippen LogP contribution is 2.34. The van der Waals surface area contributed by atoms with Crippen molar-refractivity contribution in [1.82, 2.24) is 19.9 Å². The number of anilines is 1. The van der Waals surface area contributed by atoms with Crippen LogP contribution in [0.3, 0.4) is 0 Å². The molecule has 0 spiro atoms. The number of hydrogen-bond donors (Lipinski definition) is 3. The van der Waals surface area contributed by atoms with Crippen LogP contribution in [0.4, 0.5) is 23.5 Å². The van der Waals surface area contributed by atoms with Crippen LogP contribution in [0.15, 0.2) is 48.7 Å². The molecule has 4 aromatic rings. The zero-order chi connectivity index (χ0) is 25.5. The molecule has 13 heteroatoms. The Hall–Kier alpha value is -3.41. The first-order chi connectivity index (χ1) is 16.5. The van der Waals surface area contributed by atoms with Gasteiger partial charge >= 0.3 is 0 Å². The molecule has 0 unspecified atom stereocenters. The normalized spacial score (nSPS) is 12.7. The molecule has 1 amide bonds. The van der Waals surface area contributed by atoms with Crippen LogP contribution in [0.5, 0.6) is 0 Å². The highest BCUT2D eigenvalue weighted by Gasteiger charge is 2.41. The highest BCUT2D eigenvalue weighted by atomic mass is 35.5. The van der Waals surface area contributed by atoms with Crippen molar-refractivity contribution in [3.8, 4) is 11.1 Å². The first-order valence-corrected chi connectivity index (χ1v) is 10.6. The van der Waals surface area contributed by atoms with Gasteiger partial charge in [-0.1, -0.05) is 29.3 Å². The summed E-state index contributed by atoms with van der Waals surface area (Å²) in [7, 11) is 0. The monoisotopic (exact) mass is 527 g/mol. The van der Waals surface area contributed by atoms with Crippen LogP contribution < -0.4 is 11.1 Å². The van der Waals surface area contributed by atoms with E-state index in [9.17, 15) is 23.1 Å². The minimum atomic E-state index is -4.01. The zero-order valence-corrected chi connectivity index (χ0v) is 19.0. The van der Waals surface area contributed by atoms with E-state index in [1.807, 2.05) is 5.32 Å². The molecule has 2 aromatic carbocycles. The van der Waals surface area contributed by atoms with E-state index in [1.54, 1.807) is 0 Å². The third-order valence-corrected chi connectivity index (χ3v) is 5.67. The number of fused-ring (bicyclic) bond motifs is 1. The van der Waals surface area contributed by atoms with Crippen molar-refractivity contribution in [2.75, 3.05) is 12.3 Å². The topological polar surface area (TPSA) is 106 Å². The Morgan fingerprint density at radius 1 is 1.17 bits per heavy atom. The molecule has 4 rings (SSSR count). The zero-order valence-electron chi connectivity index (χ0n) is 17.4. The van der Waals surface area contributed by atoms with Gasteiger partial charge in [0.1, 0.15) is 17.7 Å². The number of nitrogen functional groups attached to an aromatic ring is 1. The predicted molar refractivity (Wildman–Crippen MR) is 121 cm³/mol. The number of nitrogens with one attached hydrogen (secondary N) is 1. The van der Waals surface area contributed by atoms with Crippen molar-refractivity contribution in [2.24, 2.45) is 0 Å². The lowest BCUT2D eigenvalue weighted by atomic mass is 10.0. The number of aliphatic hydroxyl groups excluding tert-OH is 1. The van der Waals surface area contributed by atoms with E-state index in [0.29, 0.717) is 11.2 Å². The molecule has 2 heterocycles. The summed E-state index contributed by atoms with van der Waals surface area (Å²) in [5, 5.41) is 15.4. The van der Waals surface area contributed by atoms with Gasteiger partial charge in [0.25, 0.3) is 11.8 Å². The van der Waals surface area contributed by atoms with Crippen LogP contribution in [-0.2, 0) is 0 Å². The number of aromatic nitrogens is 3. The summed E-state index contributed by atoms with van der Waals surface area (Å²) in [6, 6.07) is 8.28. The predicted octanol–water partition coefficient (Wildman–Crippen LogP) is 4.66.